The molecule has 1 saturated carbocycles. The van der Waals surface area contributed by atoms with Crippen molar-refractivity contribution >= 4 is 14.3 Å². The molecular weight excluding hydrogens is 472 g/mol. The normalized spacial score (nSPS) is 34.8. The number of carbonyl (C=O) groups is 1. The molecule has 3 rings (SSSR count). The fourth-order valence-electron chi connectivity index (χ4n) is 6.00. The molecule has 0 aromatic heterocycles. The Balaban J connectivity index is 1.62. The van der Waals surface area contributed by atoms with E-state index < -0.39 is 20.1 Å². The van der Waals surface area contributed by atoms with Gasteiger partial charge in [0.05, 0.1) is 37.4 Å². The first kappa shape index (κ1) is 29.8. The lowest BCUT2D eigenvalue weighted by atomic mass is 9.72. The molecule has 2 aliphatic heterocycles. The molecule has 0 aromatic carbocycles. The molecule has 2 heterocycles. The summed E-state index contributed by atoms with van der Waals surface area (Å²) in [6.45, 7) is 18.5. The molecule has 0 amide bonds. The molecule has 0 aromatic rings. The van der Waals surface area contributed by atoms with Gasteiger partial charge in [-0.05, 0) is 49.2 Å². The molecule has 1 N–H and O–H groups in total. The van der Waals surface area contributed by atoms with Crippen molar-refractivity contribution in [1.82, 2.24) is 0 Å². The Kier molecular flexibility index (Phi) is 9.92. The zero-order valence-electron chi connectivity index (χ0n) is 24.0. The summed E-state index contributed by atoms with van der Waals surface area (Å²) in [5.41, 5.74) is 0. The number of carboxylic acid groups (broad SMARTS) is 1. The summed E-state index contributed by atoms with van der Waals surface area (Å²) in [6.07, 6.45) is 10.5. The van der Waals surface area contributed by atoms with Gasteiger partial charge in [-0.1, -0.05) is 60.1 Å². The van der Waals surface area contributed by atoms with Gasteiger partial charge in [0.15, 0.2) is 14.1 Å². The maximum atomic E-state index is 11.6. The van der Waals surface area contributed by atoms with Crippen LogP contribution < -0.4 is 0 Å². The lowest BCUT2D eigenvalue weighted by molar-refractivity contribution is -0.341. The molecule has 1 aliphatic carbocycles. The molecule has 7 atom stereocenters. The van der Waals surface area contributed by atoms with Crippen LogP contribution in [-0.2, 0) is 23.4 Å². The number of hydrogen-bond acceptors (Lipinski definition) is 5. The second-order valence-corrected chi connectivity index (χ2v) is 18.2. The van der Waals surface area contributed by atoms with Gasteiger partial charge in [0, 0.05) is 25.2 Å². The number of ether oxygens (including phenoxy) is 3. The Morgan fingerprint density at radius 2 is 1.92 bits per heavy atom. The molecule has 208 valence electrons. The smallest absolute Gasteiger partial charge is 0.305 e. The van der Waals surface area contributed by atoms with E-state index in [1.54, 1.807) is 0 Å². The minimum Gasteiger partial charge on any atom is -0.481 e. The van der Waals surface area contributed by atoms with Crippen molar-refractivity contribution in [2.45, 2.75) is 141 Å². The highest BCUT2D eigenvalue weighted by molar-refractivity contribution is 6.74. The van der Waals surface area contributed by atoms with Gasteiger partial charge in [-0.3, -0.25) is 4.79 Å². The lowest BCUT2D eigenvalue weighted by Crippen LogP contribution is -2.55. The molecular formula is C29H52O6Si. The van der Waals surface area contributed by atoms with Crippen molar-refractivity contribution in [2.75, 3.05) is 6.61 Å². The standard InChI is InChI=1S/C29H52O6Si/c1-20(2)26-13-12-21(3)19-29(26)32-15-14-24(34-29)16-22-10-9-11-23(33-22)17-25(18-27(30)31)35-36(7,8)28(4,5)6/h9,11,20-26H,10,12-19H2,1-8H3,(H,30,31)/t21-,22-,23+,24+,25-,26+,29?/m1/s1. The van der Waals surface area contributed by atoms with Crippen LogP contribution in [0.2, 0.25) is 18.1 Å². The maximum Gasteiger partial charge on any atom is 0.305 e. The van der Waals surface area contributed by atoms with Crippen LogP contribution in [0.25, 0.3) is 0 Å². The van der Waals surface area contributed by atoms with E-state index in [-0.39, 0.29) is 35.9 Å². The van der Waals surface area contributed by atoms with Crippen molar-refractivity contribution < 1.29 is 28.5 Å². The summed E-state index contributed by atoms with van der Waals surface area (Å²) in [5, 5.41) is 9.55. The van der Waals surface area contributed by atoms with Gasteiger partial charge >= 0.3 is 5.97 Å². The van der Waals surface area contributed by atoms with Gasteiger partial charge in [-0.25, -0.2) is 0 Å². The Hall–Kier alpha value is -0.733. The Morgan fingerprint density at radius 3 is 2.56 bits per heavy atom. The predicted molar refractivity (Wildman–Crippen MR) is 145 cm³/mol. The summed E-state index contributed by atoms with van der Waals surface area (Å²) < 4.78 is 26.3. The monoisotopic (exact) mass is 524 g/mol. The topological polar surface area (TPSA) is 74.2 Å². The van der Waals surface area contributed by atoms with E-state index in [2.05, 4.69) is 66.8 Å². The highest BCUT2D eigenvalue weighted by atomic mass is 28.4. The number of rotatable bonds is 9. The predicted octanol–water partition coefficient (Wildman–Crippen LogP) is 6.94. The third-order valence-electron chi connectivity index (χ3n) is 8.93. The molecule has 3 aliphatic rings. The Morgan fingerprint density at radius 1 is 1.19 bits per heavy atom. The van der Waals surface area contributed by atoms with Crippen LogP contribution in [0.1, 0.15) is 92.9 Å². The van der Waals surface area contributed by atoms with E-state index in [4.69, 9.17) is 18.6 Å². The summed E-state index contributed by atoms with van der Waals surface area (Å²) in [7, 11) is -2.09. The molecule has 0 radical (unpaired) electrons. The van der Waals surface area contributed by atoms with Crippen molar-refractivity contribution in [3.05, 3.63) is 12.2 Å². The van der Waals surface area contributed by atoms with Gasteiger partial charge in [0.2, 0.25) is 0 Å². The first-order valence-corrected chi connectivity index (χ1v) is 17.1. The van der Waals surface area contributed by atoms with E-state index in [9.17, 15) is 9.90 Å². The van der Waals surface area contributed by atoms with Gasteiger partial charge in [-0.15, -0.1) is 0 Å². The molecule has 1 spiro atoms. The molecule has 1 saturated heterocycles. The molecule has 6 nitrogen and oxygen atoms in total. The zero-order chi connectivity index (χ0) is 26.7. The average Bonchev–Trinajstić information content (AvgIpc) is 2.72. The molecule has 0 bridgehead atoms. The quantitative estimate of drug-likeness (QED) is 0.260. The minimum absolute atomic E-state index is 0.00520. The third kappa shape index (κ3) is 7.65. The highest BCUT2D eigenvalue weighted by Crippen LogP contribution is 2.47. The number of aliphatic carboxylic acids is 1. The van der Waals surface area contributed by atoms with Crippen LogP contribution in [-0.4, -0.2) is 56.2 Å². The SMILES string of the molecule is CC(C)[C@@H]1CC[C@@H](C)CC12OCC[C@@H](C[C@H]1CC=C[C@@H](C[C@H](CC(=O)O)O[Si](C)(C)C(C)(C)C)O1)O2. The van der Waals surface area contributed by atoms with E-state index in [0.29, 0.717) is 24.2 Å². The summed E-state index contributed by atoms with van der Waals surface area (Å²) in [5.74, 6) is 0.297. The maximum absolute atomic E-state index is 11.6. The third-order valence-corrected chi connectivity index (χ3v) is 13.5. The Labute approximate surface area is 220 Å². The lowest BCUT2D eigenvalue weighted by Gasteiger charge is -2.51. The largest absolute Gasteiger partial charge is 0.481 e. The summed E-state index contributed by atoms with van der Waals surface area (Å²) >= 11 is 0. The van der Waals surface area contributed by atoms with Gasteiger partial charge in [-0.2, -0.15) is 0 Å². The summed E-state index contributed by atoms with van der Waals surface area (Å²) in [4.78, 5) is 11.6. The highest BCUT2D eigenvalue weighted by Gasteiger charge is 2.50. The van der Waals surface area contributed by atoms with Crippen LogP contribution in [0.4, 0.5) is 0 Å². The van der Waals surface area contributed by atoms with Gasteiger partial charge in [0.25, 0.3) is 0 Å². The fraction of sp³-hybridized carbons (Fsp3) is 0.897. The van der Waals surface area contributed by atoms with Crippen LogP contribution >= 0.6 is 0 Å². The minimum atomic E-state index is -2.09. The molecule has 7 heteroatoms. The van der Waals surface area contributed by atoms with E-state index in [1.807, 2.05) is 0 Å². The van der Waals surface area contributed by atoms with E-state index in [1.165, 1.54) is 6.42 Å². The first-order valence-electron chi connectivity index (χ1n) is 14.2. The van der Waals surface area contributed by atoms with Crippen LogP contribution in [0.3, 0.4) is 0 Å². The average molecular weight is 525 g/mol. The molecule has 36 heavy (non-hydrogen) atoms. The second-order valence-electron chi connectivity index (χ2n) is 13.5. The van der Waals surface area contributed by atoms with E-state index in [0.717, 1.165) is 38.7 Å². The van der Waals surface area contributed by atoms with Crippen molar-refractivity contribution in [2.24, 2.45) is 17.8 Å². The van der Waals surface area contributed by atoms with Crippen molar-refractivity contribution in [3.8, 4) is 0 Å². The summed E-state index contributed by atoms with van der Waals surface area (Å²) in [6, 6.07) is 0. The van der Waals surface area contributed by atoms with Crippen molar-refractivity contribution in [1.29, 1.82) is 0 Å². The first-order chi connectivity index (χ1) is 16.7. The molecule has 2 fully saturated rings. The molecule has 1 unspecified atom stereocenters. The Bertz CT molecular complexity index is 759. The second kappa shape index (κ2) is 12.0. The van der Waals surface area contributed by atoms with Crippen LogP contribution in [0.5, 0.6) is 0 Å². The van der Waals surface area contributed by atoms with Crippen LogP contribution in [0.15, 0.2) is 12.2 Å². The van der Waals surface area contributed by atoms with E-state index >= 15 is 0 Å². The van der Waals surface area contributed by atoms with Crippen molar-refractivity contribution in [3.63, 3.8) is 0 Å². The van der Waals surface area contributed by atoms with Gasteiger partial charge in [0.1, 0.15) is 0 Å². The zero-order valence-corrected chi connectivity index (χ0v) is 25.0. The fourth-order valence-corrected chi connectivity index (χ4v) is 7.37. The number of carboxylic acids is 1. The van der Waals surface area contributed by atoms with Crippen LogP contribution in [0, 0.1) is 17.8 Å². The van der Waals surface area contributed by atoms with Gasteiger partial charge < -0.3 is 23.7 Å². The number of hydrogen-bond donors (Lipinski definition) is 1.